The van der Waals surface area contributed by atoms with Crippen LogP contribution in [0.15, 0.2) is 53.4 Å². The first-order valence-electron chi connectivity index (χ1n) is 8.57. The Morgan fingerprint density at radius 2 is 1.89 bits per heavy atom. The number of hydrogen-bond donors (Lipinski definition) is 1. The minimum absolute atomic E-state index is 0.320. The lowest BCUT2D eigenvalue weighted by atomic mass is 10.3. The quantitative estimate of drug-likeness (QED) is 0.642. The molecule has 27 heavy (non-hydrogen) atoms. The molecule has 0 bridgehead atoms. The van der Waals surface area contributed by atoms with E-state index in [-0.39, 0.29) is 6.54 Å². The van der Waals surface area contributed by atoms with Gasteiger partial charge in [-0.25, -0.2) is 8.42 Å². The minimum atomic E-state index is -3.65. The van der Waals surface area contributed by atoms with E-state index in [9.17, 15) is 13.2 Å². The molecule has 2 rings (SSSR count). The summed E-state index contributed by atoms with van der Waals surface area (Å²) in [6, 6.07) is 14.1. The second-order valence-electron chi connectivity index (χ2n) is 5.68. The number of hydrogen-bond acceptors (Lipinski definition) is 5. The standard InChI is InChI=1S/C19H24N2O4S2/c1-4-25-16-10-8-9-15(13-16)21(27(3,23)24)14-19(22)20-17-11-6-7-12-18(17)26-5-2/h6-13H,4-5,14H2,1-3H3,(H,20,22). The lowest BCUT2D eigenvalue weighted by Crippen LogP contribution is -2.37. The van der Waals surface area contributed by atoms with Gasteiger partial charge in [0.05, 0.1) is 24.2 Å². The van der Waals surface area contributed by atoms with E-state index in [1.165, 1.54) is 0 Å². The molecule has 0 fully saturated rings. The van der Waals surface area contributed by atoms with Gasteiger partial charge in [0.15, 0.2) is 0 Å². The van der Waals surface area contributed by atoms with Crippen LogP contribution in [0.2, 0.25) is 0 Å². The van der Waals surface area contributed by atoms with Crippen molar-refractivity contribution in [2.45, 2.75) is 18.7 Å². The zero-order chi connectivity index (χ0) is 19.9. The molecule has 0 saturated carbocycles. The molecular formula is C19H24N2O4S2. The molecule has 1 amide bonds. The number of amides is 1. The van der Waals surface area contributed by atoms with Gasteiger partial charge in [-0.3, -0.25) is 9.10 Å². The topological polar surface area (TPSA) is 75.7 Å². The third-order valence-corrected chi connectivity index (χ3v) is 5.66. The van der Waals surface area contributed by atoms with Crippen LogP contribution in [0.3, 0.4) is 0 Å². The van der Waals surface area contributed by atoms with E-state index in [4.69, 9.17) is 4.74 Å². The number of carbonyl (C=O) groups excluding carboxylic acids is 1. The highest BCUT2D eigenvalue weighted by atomic mass is 32.2. The summed E-state index contributed by atoms with van der Waals surface area (Å²) in [5.41, 5.74) is 1.06. The van der Waals surface area contributed by atoms with Gasteiger partial charge >= 0.3 is 0 Å². The Labute approximate surface area is 165 Å². The first-order chi connectivity index (χ1) is 12.8. The number of nitrogens with one attached hydrogen (secondary N) is 1. The maximum absolute atomic E-state index is 12.6. The zero-order valence-electron chi connectivity index (χ0n) is 15.6. The molecule has 0 aliphatic carbocycles. The molecule has 8 heteroatoms. The van der Waals surface area contributed by atoms with Crippen molar-refractivity contribution < 1.29 is 17.9 Å². The highest BCUT2D eigenvalue weighted by Crippen LogP contribution is 2.27. The van der Waals surface area contributed by atoms with Crippen molar-refractivity contribution in [3.8, 4) is 5.75 Å². The predicted octanol–water partition coefficient (Wildman–Crippen LogP) is 3.60. The van der Waals surface area contributed by atoms with E-state index in [1.807, 2.05) is 32.0 Å². The summed E-state index contributed by atoms with van der Waals surface area (Å²) < 4.78 is 31.0. The van der Waals surface area contributed by atoms with E-state index in [0.717, 1.165) is 21.2 Å². The second kappa shape index (κ2) is 9.66. The molecular weight excluding hydrogens is 384 g/mol. The van der Waals surface area contributed by atoms with Crippen LogP contribution in [-0.2, 0) is 14.8 Å². The van der Waals surface area contributed by atoms with Crippen LogP contribution >= 0.6 is 11.8 Å². The smallest absolute Gasteiger partial charge is 0.245 e. The molecule has 0 saturated heterocycles. The van der Waals surface area contributed by atoms with Crippen LogP contribution in [0.4, 0.5) is 11.4 Å². The van der Waals surface area contributed by atoms with Crippen LogP contribution in [0, 0.1) is 0 Å². The van der Waals surface area contributed by atoms with Gasteiger partial charge in [-0.15, -0.1) is 11.8 Å². The number of sulfonamides is 1. The maximum atomic E-state index is 12.6. The summed E-state index contributed by atoms with van der Waals surface area (Å²) in [6.07, 6.45) is 1.08. The highest BCUT2D eigenvalue weighted by molar-refractivity contribution is 7.99. The van der Waals surface area contributed by atoms with Crippen molar-refractivity contribution in [3.63, 3.8) is 0 Å². The second-order valence-corrected chi connectivity index (χ2v) is 8.89. The molecule has 1 N–H and O–H groups in total. The lowest BCUT2D eigenvalue weighted by molar-refractivity contribution is -0.114. The number of ether oxygens (including phenoxy) is 1. The van der Waals surface area contributed by atoms with Crippen LogP contribution in [0.25, 0.3) is 0 Å². The molecule has 0 unspecified atom stereocenters. The Balaban J connectivity index is 2.22. The third kappa shape index (κ3) is 6.18. The zero-order valence-corrected chi connectivity index (χ0v) is 17.3. The van der Waals surface area contributed by atoms with Gasteiger partial charge in [0.2, 0.25) is 15.9 Å². The number of thioether (sulfide) groups is 1. The van der Waals surface area contributed by atoms with Crippen molar-refractivity contribution in [2.24, 2.45) is 0 Å². The van der Waals surface area contributed by atoms with Gasteiger partial charge in [0, 0.05) is 11.0 Å². The fourth-order valence-corrected chi connectivity index (χ4v) is 4.08. The van der Waals surface area contributed by atoms with Crippen molar-refractivity contribution in [3.05, 3.63) is 48.5 Å². The summed E-state index contributed by atoms with van der Waals surface area (Å²) in [4.78, 5) is 13.5. The Bertz CT molecular complexity index is 885. The number of benzene rings is 2. The normalized spacial score (nSPS) is 11.1. The van der Waals surface area contributed by atoms with Gasteiger partial charge in [-0.1, -0.05) is 25.1 Å². The summed E-state index contributed by atoms with van der Waals surface area (Å²) in [6.45, 7) is 4.02. The van der Waals surface area contributed by atoms with E-state index in [2.05, 4.69) is 5.32 Å². The molecule has 6 nitrogen and oxygen atoms in total. The molecule has 2 aromatic rings. The Morgan fingerprint density at radius 3 is 2.56 bits per heavy atom. The Kier molecular flexibility index (Phi) is 7.55. The van der Waals surface area contributed by atoms with Crippen molar-refractivity contribution in [1.29, 1.82) is 0 Å². The Hall–Kier alpha value is -2.19. The van der Waals surface area contributed by atoms with E-state index < -0.39 is 15.9 Å². The van der Waals surface area contributed by atoms with E-state index in [1.54, 1.807) is 42.1 Å². The van der Waals surface area contributed by atoms with Crippen molar-refractivity contribution in [2.75, 3.05) is 34.8 Å². The monoisotopic (exact) mass is 408 g/mol. The minimum Gasteiger partial charge on any atom is -0.494 e. The summed E-state index contributed by atoms with van der Waals surface area (Å²) in [5, 5.41) is 2.81. The first-order valence-corrected chi connectivity index (χ1v) is 11.4. The molecule has 0 radical (unpaired) electrons. The molecule has 2 aromatic carbocycles. The van der Waals surface area contributed by atoms with Crippen LogP contribution in [0.1, 0.15) is 13.8 Å². The summed E-state index contributed by atoms with van der Waals surface area (Å²) >= 11 is 1.61. The number of rotatable bonds is 9. The predicted molar refractivity (Wildman–Crippen MR) is 111 cm³/mol. The summed E-state index contributed by atoms with van der Waals surface area (Å²) in [7, 11) is -3.65. The first kappa shape index (κ1) is 21.1. The molecule has 0 aliphatic rings. The lowest BCUT2D eigenvalue weighted by Gasteiger charge is -2.22. The van der Waals surface area contributed by atoms with Gasteiger partial charge in [0.1, 0.15) is 12.3 Å². The third-order valence-electron chi connectivity index (χ3n) is 3.57. The average Bonchev–Trinajstić information content (AvgIpc) is 2.61. The summed E-state index contributed by atoms with van der Waals surface area (Å²) in [5.74, 6) is 1.01. The van der Waals surface area contributed by atoms with Crippen molar-refractivity contribution >= 4 is 39.1 Å². The molecule has 0 atom stereocenters. The number of carbonyl (C=O) groups is 1. The van der Waals surface area contributed by atoms with Gasteiger partial charge in [-0.2, -0.15) is 0 Å². The van der Waals surface area contributed by atoms with Gasteiger partial charge < -0.3 is 10.1 Å². The number of para-hydroxylation sites is 1. The molecule has 0 spiro atoms. The van der Waals surface area contributed by atoms with Gasteiger partial charge in [-0.05, 0) is 36.9 Å². The molecule has 0 heterocycles. The fraction of sp³-hybridized carbons (Fsp3) is 0.316. The van der Waals surface area contributed by atoms with Crippen LogP contribution in [0.5, 0.6) is 5.75 Å². The SMILES string of the molecule is CCOc1cccc(N(CC(=O)Nc2ccccc2SCC)S(C)(=O)=O)c1. The van der Waals surface area contributed by atoms with Crippen LogP contribution in [-0.4, -0.2) is 39.5 Å². The van der Waals surface area contributed by atoms with Crippen LogP contribution < -0.4 is 14.4 Å². The van der Waals surface area contributed by atoms with E-state index in [0.29, 0.717) is 23.7 Å². The fourth-order valence-electron chi connectivity index (χ4n) is 2.47. The van der Waals surface area contributed by atoms with E-state index >= 15 is 0 Å². The largest absolute Gasteiger partial charge is 0.494 e. The maximum Gasteiger partial charge on any atom is 0.245 e. The van der Waals surface area contributed by atoms with Gasteiger partial charge in [0.25, 0.3) is 0 Å². The number of anilines is 2. The highest BCUT2D eigenvalue weighted by Gasteiger charge is 2.21. The van der Waals surface area contributed by atoms with Crippen molar-refractivity contribution in [1.82, 2.24) is 0 Å². The molecule has 146 valence electrons. The Morgan fingerprint density at radius 1 is 1.15 bits per heavy atom. The number of nitrogens with zero attached hydrogens (tertiary/aromatic N) is 1. The molecule has 0 aliphatic heterocycles. The average molecular weight is 409 g/mol. The molecule has 0 aromatic heterocycles.